The number of rotatable bonds is 2. The van der Waals surface area contributed by atoms with E-state index in [-0.39, 0.29) is 5.92 Å². The van der Waals surface area contributed by atoms with Gasteiger partial charge in [-0.3, -0.25) is 4.79 Å². The van der Waals surface area contributed by atoms with Crippen molar-refractivity contribution in [2.45, 2.75) is 19.3 Å². The first-order chi connectivity index (χ1) is 7.81. The third kappa shape index (κ3) is 2.69. The van der Waals surface area contributed by atoms with E-state index in [0.29, 0.717) is 12.2 Å². The molecule has 1 unspecified atom stereocenters. The zero-order valence-corrected chi connectivity index (χ0v) is 9.61. The van der Waals surface area contributed by atoms with E-state index in [2.05, 4.69) is 31.9 Å². The van der Waals surface area contributed by atoms with Crippen molar-refractivity contribution in [3.63, 3.8) is 0 Å². The molecule has 2 rings (SSSR count). The predicted octanol–water partition coefficient (Wildman–Crippen LogP) is 3.35. The molecule has 0 amide bonds. The van der Waals surface area contributed by atoms with Gasteiger partial charge in [-0.1, -0.05) is 30.3 Å². The van der Waals surface area contributed by atoms with Gasteiger partial charge in [0.25, 0.3) is 0 Å². The minimum Gasteiger partial charge on any atom is -0.299 e. The SMILES string of the molecule is C=C.C=CCC1Cc2ccccc2CC1=O. The van der Waals surface area contributed by atoms with Crippen molar-refractivity contribution in [2.75, 3.05) is 0 Å². The van der Waals surface area contributed by atoms with Crippen LogP contribution in [-0.2, 0) is 17.6 Å². The van der Waals surface area contributed by atoms with Gasteiger partial charge in [0.2, 0.25) is 0 Å². The highest BCUT2D eigenvalue weighted by Gasteiger charge is 2.24. The number of hydrogen-bond donors (Lipinski definition) is 0. The van der Waals surface area contributed by atoms with Gasteiger partial charge >= 0.3 is 0 Å². The van der Waals surface area contributed by atoms with Crippen LogP contribution in [-0.4, -0.2) is 5.78 Å². The largest absolute Gasteiger partial charge is 0.299 e. The summed E-state index contributed by atoms with van der Waals surface area (Å²) in [6.07, 6.45) is 4.15. The molecule has 0 aliphatic heterocycles. The fourth-order valence-corrected chi connectivity index (χ4v) is 2.06. The van der Waals surface area contributed by atoms with Crippen molar-refractivity contribution in [1.82, 2.24) is 0 Å². The highest BCUT2D eigenvalue weighted by Crippen LogP contribution is 2.24. The summed E-state index contributed by atoms with van der Waals surface area (Å²) in [4.78, 5) is 11.7. The number of allylic oxidation sites excluding steroid dienone is 1. The van der Waals surface area contributed by atoms with Gasteiger partial charge < -0.3 is 0 Å². The lowest BCUT2D eigenvalue weighted by atomic mass is 9.81. The summed E-state index contributed by atoms with van der Waals surface area (Å²) in [5.41, 5.74) is 2.54. The van der Waals surface area contributed by atoms with Crippen LogP contribution in [0.3, 0.4) is 0 Å². The summed E-state index contributed by atoms with van der Waals surface area (Å²) in [5.74, 6) is 0.533. The van der Waals surface area contributed by atoms with Gasteiger partial charge in [0.15, 0.2) is 0 Å². The van der Waals surface area contributed by atoms with Crippen molar-refractivity contribution >= 4 is 5.78 Å². The van der Waals surface area contributed by atoms with Crippen molar-refractivity contribution in [3.8, 4) is 0 Å². The van der Waals surface area contributed by atoms with Crippen LogP contribution < -0.4 is 0 Å². The average Bonchev–Trinajstić information content (AvgIpc) is 2.33. The highest BCUT2D eigenvalue weighted by atomic mass is 16.1. The van der Waals surface area contributed by atoms with Gasteiger partial charge in [0.05, 0.1) is 0 Å². The third-order valence-corrected chi connectivity index (χ3v) is 2.86. The van der Waals surface area contributed by atoms with E-state index in [0.717, 1.165) is 12.8 Å². The highest BCUT2D eigenvalue weighted by molar-refractivity contribution is 5.85. The Balaban J connectivity index is 0.000000606. The molecule has 1 nitrogen and oxygen atoms in total. The lowest BCUT2D eigenvalue weighted by Gasteiger charge is -2.22. The van der Waals surface area contributed by atoms with E-state index in [1.165, 1.54) is 11.1 Å². The molecule has 1 heteroatoms. The molecule has 0 bridgehead atoms. The maximum Gasteiger partial charge on any atom is 0.140 e. The fourth-order valence-electron chi connectivity index (χ4n) is 2.06. The van der Waals surface area contributed by atoms with E-state index in [9.17, 15) is 4.79 Å². The van der Waals surface area contributed by atoms with Crippen LogP contribution in [0.5, 0.6) is 0 Å². The lowest BCUT2D eigenvalue weighted by molar-refractivity contribution is -0.122. The molecule has 1 aromatic rings. The van der Waals surface area contributed by atoms with Crippen LogP contribution >= 0.6 is 0 Å². The Morgan fingerprint density at radius 3 is 2.50 bits per heavy atom. The number of carbonyl (C=O) groups excluding carboxylic acids is 1. The molecule has 0 spiro atoms. The summed E-state index contributed by atoms with van der Waals surface area (Å²) in [7, 11) is 0. The van der Waals surface area contributed by atoms with Crippen LogP contribution in [0.2, 0.25) is 0 Å². The molecular weight excluding hydrogens is 196 g/mol. The maximum absolute atomic E-state index is 11.7. The number of carbonyl (C=O) groups is 1. The van der Waals surface area contributed by atoms with Crippen LogP contribution in [0.1, 0.15) is 17.5 Å². The Hall–Kier alpha value is -1.63. The third-order valence-electron chi connectivity index (χ3n) is 2.86. The van der Waals surface area contributed by atoms with Crippen LogP contribution in [0.15, 0.2) is 50.1 Å². The first kappa shape index (κ1) is 12.4. The summed E-state index contributed by atoms with van der Waals surface area (Å²) < 4.78 is 0. The zero-order chi connectivity index (χ0) is 12.0. The topological polar surface area (TPSA) is 17.1 Å². The van der Waals surface area contributed by atoms with Crippen molar-refractivity contribution in [3.05, 3.63) is 61.2 Å². The van der Waals surface area contributed by atoms with Gasteiger partial charge in [0, 0.05) is 12.3 Å². The monoisotopic (exact) mass is 214 g/mol. The minimum absolute atomic E-state index is 0.169. The first-order valence-corrected chi connectivity index (χ1v) is 5.51. The van der Waals surface area contributed by atoms with Crippen molar-refractivity contribution in [2.24, 2.45) is 5.92 Å². The summed E-state index contributed by atoms with van der Waals surface area (Å²) in [6.45, 7) is 9.69. The number of Topliss-reactive ketones (excluding diaryl/α,β-unsaturated/α-hetero) is 1. The van der Waals surface area contributed by atoms with Crippen molar-refractivity contribution in [1.29, 1.82) is 0 Å². The molecular formula is C15H18O. The molecule has 1 aliphatic carbocycles. The quantitative estimate of drug-likeness (QED) is 0.690. The van der Waals surface area contributed by atoms with Gasteiger partial charge in [0.1, 0.15) is 5.78 Å². The Morgan fingerprint density at radius 2 is 1.88 bits per heavy atom. The second-order valence-electron chi connectivity index (χ2n) is 3.84. The average molecular weight is 214 g/mol. The summed E-state index contributed by atoms with van der Waals surface area (Å²) in [6, 6.07) is 8.22. The molecule has 0 fully saturated rings. The standard InChI is InChI=1S/C13H14O.C2H4/c1-2-5-12-8-10-6-3-4-7-11(10)9-13(12)14;1-2/h2-4,6-7,12H,1,5,8-9H2;1-2H2. The summed E-state index contributed by atoms with van der Waals surface area (Å²) >= 11 is 0. The lowest BCUT2D eigenvalue weighted by Crippen LogP contribution is -2.24. The molecule has 1 atom stereocenters. The Labute approximate surface area is 97.5 Å². The van der Waals surface area contributed by atoms with E-state index >= 15 is 0 Å². The Morgan fingerprint density at radius 1 is 1.25 bits per heavy atom. The smallest absolute Gasteiger partial charge is 0.140 e. The van der Waals surface area contributed by atoms with E-state index < -0.39 is 0 Å². The molecule has 0 saturated heterocycles. The fraction of sp³-hybridized carbons (Fsp3) is 0.267. The molecule has 16 heavy (non-hydrogen) atoms. The van der Waals surface area contributed by atoms with E-state index in [1.807, 2.05) is 18.2 Å². The van der Waals surface area contributed by atoms with E-state index in [4.69, 9.17) is 0 Å². The maximum atomic E-state index is 11.7. The molecule has 1 aromatic carbocycles. The predicted molar refractivity (Wildman–Crippen MR) is 68.4 cm³/mol. The Bertz CT molecular complexity index is 379. The second kappa shape index (κ2) is 6.06. The van der Waals surface area contributed by atoms with Crippen LogP contribution in [0.25, 0.3) is 0 Å². The zero-order valence-electron chi connectivity index (χ0n) is 9.61. The molecule has 0 heterocycles. The van der Waals surface area contributed by atoms with Crippen LogP contribution in [0, 0.1) is 5.92 Å². The number of fused-ring (bicyclic) bond motifs is 1. The molecule has 84 valence electrons. The van der Waals surface area contributed by atoms with E-state index in [1.54, 1.807) is 0 Å². The van der Waals surface area contributed by atoms with Gasteiger partial charge in [-0.25, -0.2) is 0 Å². The van der Waals surface area contributed by atoms with Gasteiger partial charge in [-0.05, 0) is 24.0 Å². The van der Waals surface area contributed by atoms with Gasteiger partial charge in [-0.2, -0.15) is 0 Å². The Kier molecular flexibility index (Phi) is 4.71. The first-order valence-electron chi connectivity index (χ1n) is 5.51. The van der Waals surface area contributed by atoms with Gasteiger partial charge in [-0.15, -0.1) is 19.7 Å². The minimum atomic E-state index is 0.169. The van der Waals surface area contributed by atoms with Crippen molar-refractivity contribution < 1.29 is 4.79 Å². The number of benzene rings is 1. The summed E-state index contributed by atoms with van der Waals surface area (Å²) in [5, 5.41) is 0. The number of hydrogen-bond acceptors (Lipinski definition) is 1. The second-order valence-corrected chi connectivity index (χ2v) is 3.84. The van der Waals surface area contributed by atoms with Crippen LogP contribution in [0.4, 0.5) is 0 Å². The molecule has 0 N–H and O–H groups in total. The molecule has 0 saturated carbocycles. The number of ketones is 1. The molecule has 1 aliphatic rings. The normalized spacial score (nSPS) is 18.0. The molecule has 0 radical (unpaired) electrons. The molecule has 0 aromatic heterocycles.